The molecular weight excluding hydrogens is 240 g/mol. The molecule has 6 heteroatoms. The minimum absolute atomic E-state index is 0.208. The molecule has 0 radical (unpaired) electrons. The van der Waals surface area contributed by atoms with Gasteiger partial charge in [0, 0.05) is 23.8 Å². The maximum absolute atomic E-state index is 12.1. The fraction of sp³-hybridized carbons (Fsp3) is 0.182. The Morgan fingerprint density at radius 2 is 2.00 bits per heavy atom. The summed E-state index contributed by atoms with van der Waals surface area (Å²) in [5, 5.41) is 1.76. The molecule has 0 atom stereocenters. The molecule has 0 aliphatic rings. The average Bonchev–Trinajstić information content (AvgIpc) is 2.86. The number of rotatable bonds is 4. The van der Waals surface area contributed by atoms with Crippen LogP contribution in [0.15, 0.2) is 23.8 Å². The van der Waals surface area contributed by atoms with E-state index in [-0.39, 0.29) is 17.4 Å². The Labute approximate surface area is 102 Å². The number of thiophene rings is 1. The lowest BCUT2D eigenvalue weighted by Gasteiger charge is -2.02. The van der Waals surface area contributed by atoms with Gasteiger partial charge in [-0.3, -0.25) is 4.79 Å². The van der Waals surface area contributed by atoms with Gasteiger partial charge in [0.15, 0.2) is 5.69 Å². The van der Waals surface area contributed by atoms with Crippen molar-refractivity contribution in [3.8, 4) is 11.6 Å². The summed E-state index contributed by atoms with van der Waals surface area (Å²) in [6, 6.07) is 1.67. The van der Waals surface area contributed by atoms with Crippen LogP contribution in [0.1, 0.15) is 15.4 Å². The number of hydrogen-bond acceptors (Lipinski definition) is 6. The van der Waals surface area contributed by atoms with Crippen molar-refractivity contribution in [2.24, 2.45) is 0 Å². The Morgan fingerprint density at radius 3 is 2.65 bits per heavy atom. The fourth-order valence-corrected chi connectivity index (χ4v) is 2.09. The molecule has 0 fully saturated rings. The van der Waals surface area contributed by atoms with E-state index in [0.717, 1.165) is 0 Å². The van der Waals surface area contributed by atoms with E-state index in [1.54, 1.807) is 18.6 Å². The fourth-order valence-electron chi connectivity index (χ4n) is 1.29. The smallest absolute Gasteiger partial charge is 0.243 e. The number of hydrogen-bond donors (Lipinski definition) is 0. The summed E-state index contributed by atoms with van der Waals surface area (Å²) in [4.78, 5) is 20.6. The van der Waals surface area contributed by atoms with Crippen molar-refractivity contribution in [3.05, 3.63) is 34.4 Å². The first-order valence-electron chi connectivity index (χ1n) is 4.78. The van der Waals surface area contributed by atoms with E-state index in [4.69, 9.17) is 9.47 Å². The highest BCUT2D eigenvalue weighted by Gasteiger charge is 2.18. The van der Waals surface area contributed by atoms with Gasteiger partial charge in [0.1, 0.15) is 5.75 Å². The SMILES string of the molecule is COc1csc(C(=O)c2nccnc2OC)c1. The molecule has 88 valence electrons. The quantitative estimate of drug-likeness (QED) is 0.774. The molecule has 2 heterocycles. The zero-order valence-corrected chi connectivity index (χ0v) is 10.2. The number of aromatic nitrogens is 2. The Morgan fingerprint density at radius 1 is 1.24 bits per heavy atom. The van der Waals surface area contributed by atoms with Crippen molar-refractivity contribution >= 4 is 17.1 Å². The topological polar surface area (TPSA) is 61.3 Å². The molecule has 2 aromatic heterocycles. The third kappa shape index (κ3) is 2.26. The van der Waals surface area contributed by atoms with Crippen molar-refractivity contribution in [1.82, 2.24) is 9.97 Å². The van der Waals surface area contributed by atoms with Gasteiger partial charge in [-0.1, -0.05) is 0 Å². The zero-order chi connectivity index (χ0) is 12.3. The monoisotopic (exact) mass is 250 g/mol. The van der Waals surface area contributed by atoms with Gasteiger partial charge in [-0.25, -0.2) is 9.97 Å². The van der Waals surface area contributed by atoms with Gasteiger partial charge in [0.05, 0.1) is 19.1 Å². The van der Waals surface area contributed by atoms with Gasteiger partial charge < -0.3 is 9.47 Å². The van der Waals surface area contributed by atoms with Crippen LogP contribution in [0.4, 0.5) is 0 Å². The van der Waals surface area contributed by atoms with E-state index in [9.17, 15) is 4.79 Å². The summed E-state index contributed by atoms with van der Waals surface area (Å²) in [6.07, 6.45) is 2.94. The standard InChI is InChI=1S/C11H10N2O3S/c1-15-7-5-8(17-6-7)10(14)9-11(16-2)13-4-3-12-9/h3-6H,1-2H3. The Balaban J connectivity index is 2.36. The Hall–Kier alpha value is -1.95. The normalized spacial score (nSPS) is 10.0. The highest BCUT2D eigenvalue weighted by atomic mass is 32.1. The molecule has 2 rings (SSSR count). The van der Waals surface area contributed by atoms with Crippen LogP contribution in [0.5, 0.6) is 11.6 Å². The molecule has 5 nitrogen and oxygen atoms in total. The van der Waals surface area contributed by atoms with Crippen LogP contribution in [0.3, 0.4) is 0 Å². The minimum Gasteiger partial charge on any atom is -0.496 e. The molecule has 0 bridgehead atoms. The number of carbonyl (C=O) groups is 1. The van der Waals surface area contributed by atoms with E-state index < -0.39 is 0 Å². The van der Waals surface area contributed by atoms with Gasteiger partial charge in [0.2, 0.25) is 11.7 Å². The molecule has 0 N–H and O–H groups in total. The van der Waals surface area contributed by atoms with Crippen LogP contribution in [0.25, 0.3) is 0 Å². The predicted molar refractivity (Wildman–Crippen MR) is 62.9 cm³/mol. The van der Waals surface area contributed by atoms with Crippen LogP contribution in [-0.4, -0.2) is 30.0 Å². The molecule has 17 heavy (non-hydrogen) atoms. The van der Waals surface area contributed by atoms with Crippen molar-refractivity contribution in [2.45, 2.75) is 0 Å². The number of nitrogens with zero attached hydrogens (tertiary/aromatic N) is 2. The highest BCUT2D eigenvalue weighted by molar-refractivity contribution is 7.12. The van der Waals surface area contributed by atoms with Crippen LogP contribution in [0, 0.1) is 0 Å². The lowest BCUT2D eigenvalue weighted by molar-refractivity contribution is 0.103. The third-order valence-corrected chi connectivity index (χ3v) is 3.02. The van der Waals surface area contributed by atoms with E-state index in [2.05, 4.69) is 9.97 Å². The molecular formula is C11H10N2O3S. The van der Waals surface area contributed by atoms with Crippen molar-refractivity contribution in [2.75, 3.05) is 14.2 Å². The Kier molecular flexibility index (Phi) is 3.34. The van der Waals surface area contributed by atoms with Crippen molar-refractivity contribution in [3.63, 3.8) is 0 Å². The zero-order valence-electron chi connectivity index (χ0n) is 9.34. The summed E-state index contributed by atoms with van der Waals surface area (Å²) in [5.41, 5.74) is 0.208. The van der Waals surface area contributed by atoms with Gasteiger partial charge in [0.25, 0.3) is 0 Å². The van der Waals surface area contributed by atoms with Gasteiger partial charge in [-0.15, -0.1) is 11.3 Å². The second-order valence-electron chi connectivity index (χ2n) is 3.09. The first-order chi connectivity index (χ1) is 8.26. The van der Waals surface area contributed by atoms with Crippen LogP contribution >= 0.6 is 11.3 Å². The van der Waals surface area contributed by atoms with Gasteiger partial charge in [-0.05, 0) is 0 Å². The molecule has 0 saturated heterocycles. The summed E-state index contributed by atoms with van der Waals surface area (Å²) >= 11 is 1.30. The lowest BCUT2D eigenvalue weighted by Crippen LogP contribution is -2.06. The molecule has 0 amide bonds. The number of methoxy groups -OCH3 is 2. The molecule has 0 unspecified atom stereocenters. The maximum Gasteiger partial charge on any atom is 0.243 e. The van der Waals surface area contributed by atoms with Gasteiger partial charge in [-0.2, -0.15) is 0 Å². The second kappa shape index (κ2) is 4.92. The number of ether oxygens (including phenoxy) is 2. The largest absolute Gasteiger partial charge is 0.496 e. The minimum atomic E-state index is -0.219. The molecule has 0 aromatic carbocycles. The first-order valence-corrected chi connectivity index (χ1v) is 5.66. The summed E-state index contributed by atoms with van der Waals surface area (Å²) < 4.78 is 10.0. The van der Waals surface area contributed by atoms with Crippen LogP contribution in [0.2, 0.25) is 0 Å². The number of carbonyl (C=O) groups excluding carboxylic acids is 1. The summed E-state index contributed by atoms with van der Waals surface area (Å²) in [6.45, 7) is 0. The third-order valence-electron chi connectivity index (χ3n) is 2.11. The lowest BCUT2D eigenvalue weighted by atomic mass is 10.2. The van der Waals surface area contributed by atoms with Gasteiger partial charge >= 0.3 is 0 Å². The molecule has 0 aliphatic heterocycles. The highest BCUT2D eigenvalue weighted by Crippen LogP contribution is 2.25. The molecule has 0 spiro atoms. The summed E-state index contributed by atoms with van der Waals surface area (Å²) in [7, 11) is 3.01. The second-order valence-corrected chi connectivity index (χ2v) is 4.01. The molecule has 0 saturated carbocycles. The van der Waals surface area contributed by atoms with Crippen molar-refractivity contribution in [1.29, 1.82) is 0 Å². The average molecular weight is 250 g/mol. The van der Waals surface area contributed by atoms with E-state index in [1.807, 2.05) is 0 Å². The van der Waals surface area contributed by atoms with Crippen molar-refractivity contribution < 1.29 is 14.3 Å². The Bertz CT molecular complexity index is 539. The van der Waals surface area contributed by atoms with Crippen LogP contribution < -0.4 is 9.47 Å². The molecule has 2 aromatic rings. The first kappa shape index (κ1) is 11.5. The predicted octanol–water partition coefficient (Wildman–Crippen LogP) is 1.79. The number of ketones is 1. The summed E-state index contributed by atoms with van der Waals surface area (Å²) in [5.74, 6) is 0.661. The van der Waals surface area contributed by atoms with E-state index >= 15 is 0 Å². The van der Waals surface area contributed by atoms with E-state index in [0.29, 0.717) is 10.6 Å². The van der Waals surface area contributed by atoms with Crippen LogP contribution in [-0.2, 0) is 0 Å². The van der Waals surface area contributed by atoms with E-state index in [1.165, 1.54) is 30.8 Å². The maximum atomic E-state index is 12.1. The molecule has 0 aliphatic carbocycles.